The highest BCUT2D eigenvalue weighted by Crippen LogP contribution is 2.20. The molecular weight excluding hydrogens is 316 g/mol. The van der Waals surface area contributed by atoms with Crippen LogP contribution in [-0.4, -0.2) is 53.3 Å². The van der Waals surface area contributed by atoms with Gasteiger partial charge in [0.25, 0.3) is 5.91 Å². The molecule has 1 saturated heterocycles. The Hall–Kier alpha value is -2.89. The van der Waals surface area contributed by atoms with E-state index in [1.807, 2.05) is 12.1 Å². The topological polar surface area (TPSA) is 65.5 Å². The molecule has 1 aliphatic rings. The van der Waals surface area contributed by atoms with Crippen molar-refractivity contribution < 1.29 is 9.59 Å². The lowest BCUT2D eigenvalue weighted by molar-refractivity contribution is -0.119. The van der Waals surface area contributed by atoms with Crippen LogP contribution in [0, 0.1) is 13.8 Å². The SMILES string of the molecule is Cc1ccc(Nc2cncc(C(=O)N3CCN(C=O)CC3)c2)cc1C. The maximum Gasteiger partial charge on any atom is 0.255 e. The highest BCUT2D eigenvalue weighted by molar-refractivity contribution is 5.95. The fourth-order valence-electron chi connectivity index (χ4n) is 2.82. The Morgan fingerprint density at radius 1 is 1.04 bits per heavy atom. The third-order valence-corrected chi connectivity index (χ3v) is 4.53. The number of benzene rings is 1. The summed E-state index contributed by atoms with van der Waals surface area (Å²) in [6.45, 7) is 6.38. The molecule has 2 heterocycles. The maximum absolute atomic E-state index is 12.6. The molecule has 0 unspecified atom stereocenters. The van der Waals surface area contributed by atoms with Gasteiger partial charge in [0.15, 0.2) is 0 Å². The van der Waals surface area contributed by atoms with E-state index in [9.17, 15) is 9.59 Å². The number of piperazine rings is 1. The summed E-state index contributed by atoms with van der Waals surface area (Å²) in [4.78, 5) is 31.1. The molecule has 2 aromatic rings. The van der Waals surface area contributed by atoms with Gasteiger partial charge in [0.1, 0.15) is 0 Å². The minimum Gasteiger partial charge on any atom is -0.354 e. The summed E-state index contributed by atoms with van der Waals surface area (Å²) in [7, 11) is 0. The van der Waals surface area contributed by atoms with E-state index in [0.29, 0.717) is 31.7 Å². The predicted molar refractivity (Wildman–Crippen MR) is 97.0 cm³/mol. The zero-order valence-corrected chi connectivity index (χ0v) is 14.5. The van der Waals surface area contributed by atoms with Crippen LogP contribution >= 0.6 is 0 Å². The third kappa shape index (κ3) is 3.96. The second kappa shape index (κ2) is 7.34. The van der Waals surface area contributed by atoms with Gasteiger partial charge in [-0.1, -0.05) is 6.07 Å². The molecule has 3 rings (SSSR count). The molecule has 0 radical (unpaired) electrons. The Balaban J connectivity index is 1.71. The number of anilines is 2. The van der Waals surface area contributed by atoms with Crippen LogP contribution in [0.25, 0.3) is 0 Å². The van der Waals surface area contributed by atoms with Crippen molar-refractivity contribution >= 4 is 23.7 Å². The Labute approximate surface area is 147 Å². The van der Waals surface area contributed by atoms with Crippen molar-refractivity contribution in [2.45, 2.75) is 13.8 Å². The number of rotatable bonds is 4. The molecule has 1 aromatic heterocycles. The molecule has 6 heteroatoms. The first-order valence-electron chi connectivity index (χ1n) is 8.35. The molecular formula is C19H22N4O2. The highest BCUT2D eigenvalue weighted by atomic mass is 16.2. The van der Waals surface area contributed by atoms with Crippen molar-refractivity contribution in [1.82, 2.24) is 14.8 Å². The molecule has 1 fully saturated rings. The van der Waals surface area contributed by atoms with Crippen LogP contribution in [0.3, 0.4) is 0 Å². The summed E-state index contributed by atoms with van der Waals surface area (Å²) in [6, 6.07) is 7.96. The molecule has 0 atom stereocenters. The zero-order chi connectivity index (χ0) is 17.8. The van der Waals surface area contributed by atoms with Crippen LogP contribution in [0.5, 0.6) is 0 Å². The van der Waals surface area contributed by atoms with Gasteiger partial charge >= 0.3 is 0 Å². The summed E-state index contributed by atoms with van der Waals surface area (Å²) in [5.41, 5.74) is 4.74. The van der Waals surface area contributed by atoms with Crippen molar-refractivity contribution in [3.05, 3.63) is 53.3 Å². The molecule has 0 aliphatic carbocycles. The maximum atomic E-state index is 12.6. The third-order valence-electron chi connectivity index (χ3n) is 4.53. The molecule has 0 spiro atoms. The lowest BCUT2D eigenvalue weighted by Gasteiger charge is -2.32. The number of hydrogen-bond acceptors (Lipinski definition) is 4. The second-order valence-electron chi connectivity index (χ2n) is 6.32. The number of hydrogen-bond donors (Lipinski definition) is 1. The van der Waals surface area contributed by atoms with Crippen LogP contribution < -0.4 is 5.32 Å². The van der Waals surface area contributed by atoms with E-state index >= 15 is 0 Å². The van der Waals surface area contributed by atoms with Crippen LogP contribution in [0.15, 0.2) is 36.7 Å². The second-order valence-corrected chi connectivity index (χ2v) is 6.32. The monoisotopic (exact) mass is 338 g/mol. The number of carbonyl (C=O) groups is 2. The van der Waals surface area contributed by atoms with Crippen molar-refractivity contribution in [3.63, 3.8) is 0 Å². The van der Waals surface area contributed by atoms with Gasteiger partial charge in [0.05, 0.1) is 17.4 Å². The standard InChI is InChI=1S/C19H22N4O2/c1-14-3-4-17(9-15(14)2)21-18-10-16(11-20-12-18)19(25)23-7-5-22(13-24)6-8-23/h3-4,9-13,21H,5-8H2,1-2H3. The van der Waals surface area contributed by atoms with Crippen molar-refractivity contribution in [3.8, 4) is 0 Å². The van der Waals surface area contributed by atoms with Gasteiger partial charge in [-0.2, -0.15) is 0 Å². The average molecular weight is 338 g/mol. The number of carbonyl (C=O) groups excluding carboxylic acids is 2. The Morgan fingerprint density at radius 3 is 2.48 bits per heavy atom. The largest absolute Gasteiger partial charge is 0.354 e. The summed E-state index contributed by atoms with van der Waals surface area (Å²) < 4.78 is 0. The first-order valence-corrected chi connectivity index (χ1v) is 8.35. The van der Waals surface area contributed by atoms with Crippen LogP contribution in [0.1, 0.15) is 21.5 Å². The molecule has 2 amide bonds. The Morgan fingerprint density at radius 2 is 1.80 bits per heavy atom. The minimum atomic E-state index is -0.0539. The van der Waals surface area contributed by atoms with Crippen molar-refractivity contribution in [2.75, 3.05) is 31.5 Å². The van der Waals surface area contributed by atoms with Gasteiger partial charge in [-0.3, -0.25) is 14.6 Å². The smallest absolute Gasteiger partial charge is 0.255 e. The van der Waals surface area contributed by atoms with Crippen LogP contribution in [-0.2, 0) is 4.79 Å². The van der Waals surface area contributed by atoms with E-state index in [2.05, 4.69) is 36.3 Å². The van der Waals surface area contributed by atoms with Crippen molar-refractivity contribution in [1.29, 1.82) is 0 Å². The number of aromatic nitrogens is 1. The normalized spacial score (nSPS) is 14.3. The molecule has 1 N–H and O–H groups in total. The fourth-order valence-corrected chi connectivity index (χ4v) is 2.82. The lowest BCUT2D eigenvalue weighted by atomic mass is 10.1. The molecule has 0 saturated carbocycles. The van der Waals surface area contributed by atoms with Gasteiger partial charge < -0.3 is 15.1 Å². The number of nitrogens with one attached hydrogen (secondary N) is 1. The fraction of sp³-hybridized carbons (Fsp3) is 0.316. The van der Waals surface area contributed by atoms with Gasteiger partial charge in [0.2, 0.25) is 6.41 Å². The van der Waals surface area contributed by atoms with Gasteiger partial charge in [-0.25, -0.2) is 0 Å². The van der Waals surface area contributed by atoms with Gasteiger partial charge in [-0.05, 0) is 43.2 Å². The summed E-state index contributed by atoms with van der Waals surface area (Å²) in [5.74, 6) is -0.0539. The lowest BCUT2D eigenvalue weighted by Crippen LogP contribution is -2.48. The average Bonchev–Trinajstić information content (AvgIpc) is 2.64. The minimum absolute atomic E-state index is 0.0539. The quantitative estimate of drug-likeness (QED) is 0.869. The van der Waals surface area contributed by atoms with E-state index in [-0.39, 0.29) is 5.91 Å². The van der Waals surface area contributed by atoms with Crippen LogP contribution in [0.4, 0.5) is 11.4 Å². The number of amides is 2. The first kappa shape index (κ1) is 17.0. The van der Waals surface area contributed by atoms with E-state index in [1.54, 1.807) is 22.2 Å². The summed E-state index contributed by atoms with van der Waals surface area (Å²) in [6.07, 6.45) is 4.12. The molecule has 130 valence electrons. The molecule has 1 aliphatic heterocycles. The number of aryl methyl sites for hydroxylation is 2. The van der Waals surface area contributed by atoms with Crippen molar-refractivity contribution in [2.24, 2.45) is 0 Å². The van der Waals surface area contributed by atoms with Crippen LogP contribution in [0.2, 0.25) is 0 Å². The van der Waals surface area contributed by atoms with E-state index < -0.39 is 0 Å². The van der Waals surface area contributed by atoms with E-state index in [0.717, 1.165) is 17.8 Å². The Kier molecular flexibility index (Phi) is 4.97. The number of pyridine rings is 1. The molecule has 1 aromatic carbocycles. The van der Waals surface area contributed by atoms with E-state index in [1.165, 1.54) is 11.1 Å². The Bertz CT molecular complexity index is 783. The highest BCUT2D eigenvalue weighted by Gasteiger charge is 2.21. The van der Waals surface area contributed by atoms with Gasteiger partial charge in [0, 0.05) is 38.1 Å². The zero-order valence-electron chi connectivity index (χ0n) is 14.5. The molecule has 6 nitrogen and oxygen atoms in total. The predicted octanol–water partition coefficient (Wildman–Crippen LogP) is 2.36. The number of nitrogens with zero attached hydrogens (tertiary/aromatic N) is 3. The summed E-state index contributed by atoms with van der Waals surface area (Å²) >= 11 is 0. The van der Waals surface area contributed by atoms with Gasteiger partial charge in [-0.15, -0.1) is 0 Å². The molecule has 0 bridgehead atoms. The first-order chi connectivity index (χ1) is 12.1. The molecule has 25 heavy (non-hydrogen) atoms. The summed E-state index contributed by atoms with van der Waals surface area (Å²) in [5, 5.41) is 3.30. The van der Waals surface area contributed by atoms with E-state index in [4.69, 9.17) is 0 Å².